The molecule has 1 saturated carbocycles. The van der Waals surface area contributed by atoms with Gasteiger partial charge in [-0.1, -0.05) is 0 Å². The van der Waals surface area contributed by atoms with Crippen LogP contribution in [-0.2, 0) is 4.79 Å². The minimum absolute atomic E-state index is 0.0303. The smallest absolute Gasteiger partial charge is 0.387 e. The van der Waals surface area contributed by atoms with Gasteiger partial charge in [0.25, 0.3) is 0 Å². The predicted octanol–water partition coefficient (Wildman–Crippen LogP) is 2.49. The molecule has 20 heavy (non-hydrogen) atoms. The van der Waals surface area contributed by atoms with Gasteiger partial charge >= 0.3 is 6.61 Å². The van der Waals surface area contributed by atoms with Crippen LogP contribution in [0.25, 0.3) is 0 Å². The number of ketones is 1. The van der Waals surface area contributed by atoms with Crippen LogP contribution in [0.1, 0.15) is 23.2 Å². The van der Waals surface area contributed by atoms with Crippen molar-refractivity contribution >= 4 is 17.8 Å². The normalized spacial score (nSPS) is 27.8. The lowest BCUT2D eigenvalue weighted by molar-refractivity contribution is -0.111. The van der Waals surface area contributed by atoms with Gasteiger partial charge < -0.3 is 14.8 Å². The van der Waals surface area contributed by atoms with Crippen molar-refractivity contribution in [3.8, 4) is 5.75 Å². The maximum absolute atomic E-state index is 12.4. The van der Waals surface area contributed by atoms with E-state index in [0.717, 1.165) is 6.29 Å². The van der Waals surface area contributed by atoms with E-state index in [4.69, 9.17) is 0 Å². The third-order valence-electron chi connectivity index (χ3n) is 4.02. The van der Waals surface area contributed by atoms with Crippen LogP contribution in [0.2, 0.25) is 0 Å². The largest absolute Gasteiger partial charge is 0.435 e. The van der Waals surface area contributed by atoms with Crippen LogP contribution in [0.4, 0.5) is 14.5 Å². The van der Waals surface area contributed by atoms with E-state index in [-0.39, 0.29) is 29.4 Å². The Morgan fingerprint density at radius 1 is 1.35 bits per heavy atom. The Morgan fingerprint density at radius 3 is 2.85 bits per heavy atom. The predicted molar refractivity (Wildman–Crippen MR) is 67.1 cm³/mol. The molecular weight excluding hydrogens is 268 g/mol. The van der Waals surface area contributed by atoms with Crippen molar-refractivity contribution in [3.05, 3.63) is 23.8 Å². The summed E-state index contributed by atoms with van der Waals surface area (Å²) >= 11 is 0. The third kappa shape index (κ3) is 2.05. The lowest BCUT2D eigenvalue weighted by Gasteiger charge is -2.30. The van der Waals surface area contributed by atoms with Gasteiger partial charge in [-0.15, -0.1) is 0 Å². The molecule has 0 spiro atoms. The Bertz CT molecular complexity index is 561. The number of fused-ring (bicyclic) bond motifs is 2. The number of carbonyl (C=O) groups is 2. The first-order valence-electron chi connectivity index (χ1n) is 6.45. The average Bonchev–Trinajstić information content (AvgIpc) is 2.82. The lowest BCUT2D eigenvalue weighted by atomic mass is 9.86. The Hall–Kier alpha value is -1.98. The highest BCUT2D eigenvalue weighted by atomic mass is 19.3. The molecule has 1 aliphatic heterocycles. The Morgan fingerprint density at radius 2 is 2.15 bits per heavy atom. The molecule has 1 aromatic rings. The van der Waals surface area contributed by atoms with Gasteiger partial charge in [0.2, 0.25) is 0 Å². The molecule has 0 aromatic heterocycles. The maximum atomic E-state index is 12.4. The van der Waals surface area contributed by atoms with Crippen molar-refractivity contribution in [1.82, 2.24) is 0 Å². The van der Waals surface area contributed by atoms with Crippen LogP contribution in [-0.4, -0.2) is 24.7 Å². The summed E-state index contributed by atoms with van der Waals surface area (Å²) in [5.74, 6) is -0.571. The van der Waals surface area contributed by atoms with E-state index in [2.05, 4.69) is 10.1 Å². The van der Waals surface area contributed by atoms with Crippen LogP contribution in [0, 0.1) is 11.8 Å². The summed E-state index contributed by atoms with van der Waals surface area (Å²) in [6.07, 6.45) is 2.19. The van der Waals surface area contributed by atoms with E-state index in [1.54, 1.807) is 6.07 Å². The second kappa shape index (κ2) is 4.85. The summed E-state index contributed by atoms with van der Waals surface area (Å²) < 4.78 is 28.7. The van der Waals surface area contributed by atoms with E-state index >= 15 is 0 Å². The van der Waals surface area contributed by atoms with Crippen molar-refractivity contribution in [3.63, 3.8) is 0 Å². The second-order valence-electron chi connectivity index (χ2n) is 5.10. The summed E-state index contributed by atoms with van der Waals surface area (Å²) in [6, 6.07) is 4.08. The molecule has 4 nitrogen and oxygen atoms in total. The van der Waals surface area contributed by atoms with Gasteiger partial charge in [0.15, 0.2) is 5.78 Å². The molecule has 0 amide bonds. The number of hydrogen-bond acceptors (Lipinski definition) is 4. The molecule has 0 radical (unpaired) electrons. The quantitative estimate of drug-likeness (QED) is 0.865. The zero-order chi connectivity index (χ0) is 14.3. The van der Waals surface area contributed by atoms with Crippen LogP contribution in [0.3, 0.4) is 0 Å². The van der Waals surface area contributed by atoms with Gasteiger partial charge in [0.1, 0.15) is 12.0 Å². The molecule has 1 fully saturated rings. The van der Waals surface area contributed by atoms with E-state index < -0.39 is 6.61 Å². The first kappa shape index (κ1) is 13.0. The summed E-state index contributed by atoms with van der Waals surface area (Å²) in [5, 5.41) is 3.18. The van der Waals surface area contributed by atoms with Crippen molar-refractivity contribution in [2.45, 2.75) is 25.5 Å². The number of alkyl halides is 2. The molecule has 0 bridgehead atoms. The van der Waals surface area contributed by atoms with E-state index in [0.29, 0.717) is 24.1 Å². The Balaban J connectivity index is 1.93. The number of anilines is 1. The number of carbonyl (C=O) groups excluding carboxylic acids is 2. The molecule has 1 heterocycles. The molecule has 2 aliphatic rings. The van der Waals surface area contributed by atoms with E-state index in [9.17, 15) is 18.4 Å². The number of hydrogen-bond donors (Lipinski definition) is 1. The number of nitrogens with one attached hydrogen (secondary N) is 1. The fraction of sp³-hybridized carbons (Fsp3) is 0.429. The summed E-state index contributed by atoms with van der Waals surface area (Å²) in [7, 11) is 0. The van der Waals surface area contributed by atoms with Crippen LogP contribution in [0.5, 0.6) is 5.75 Å². The highest BCUT2D eigenvalue weighted by molar-refractivity contribution is 6.06. The molecule has 3 rings (SSSR count). The summed E-state index contributed by atoms with van der Waals surface area (Å²) in [4.78, 5) is 23.4. The standard InChI is InChI=1S/C14H13F2NO3/c15-14(16)20-8-2-4-11-10(5-8)13(19)9-3-1-7(6-18)12(9)17-11/h2,4-7,9,12,14,17H,1,3H2. The van der Waals surface area contributed by atoms with Crippen molar-refractivity contribution in [2.24, 2.45) is 11.8 Å². The zero-order valence-corrected chi connectivity index (χ0v) is 10.5. The number of ether oxygens (including phenoxy) is 1. The van der Waals surface area contributed by atoms with E-state index in [1.165, 1.54) is 12.1 Å². The van der Waals surface area contributed by atoms with Gasteiger partial charge in [-0.2, -0.15) is 8.78 Å². The first-order valence-corrected chi connectivity index (χ1v) is 6.45. The fourth-order valence-corrected chi connectivity index (χ4v) is 3.09. The Kier molecular flexibility index (Phi) is 3.16. The van der Waals surface area contributed by atoms with Gasteiger partial charge in [-0.05, 0) is 31.0 Å². The molecular formula is C14H13F2NO3. The molecule has 3 atom stereocenters. The zero-order valence-electron chi connectivity index (χ0n) is 10.5. The van der Waals surface area contributed by atoms with Gasteiger partial charge in [0.05, 0.1) is 0 Å². The molecule has 1 aliphatic carbocycles. The molecule has 6 heteroatoms. The van der Waals surface area contributed by atoms with Crippen molar-refractivity contribution < 1.29 is 23.1 Å². The van der Waals surface area contributed by atoms with Crippen LogP contribution in [0.15, 0.2) is 18.2 Å². The first-order chi connectivity index (χ1) is 9.60. The lowest BCUT2D eigenvalue weighted by Crippen LogP contribution is -2.39. The molecule has 1 aromatic carbocycles. The number of Topliss-reactive ketones (excluding diaryl/α,β-unsaturated/α-hetero) is 1. The number of aldehydes is 1. The maximum Gasteiger partial charge on any atom is 0.387 e. The van der Waals surface area contributed by atoms with Crippen molar-refractivity contribution in [2.75, 3.05) is 5.32 Å². The van der Waals surface area contributed by atoms with Gasteiger partial charge in [0, 0.05) is 29.1 Å². The van der Waals surface area contributed by atoms with Crippen LogP contribution < -0.4 is 10.1 Å². The summed E-state index contributed by atoms with van der Waals surface area (Å²) in [5.41, 5.74) is 0.933. The number of rotatable bonds is 3. The summed E-state index contributed by atoms with van der Waals surface area (Å²) in [6.45, 7) is -2.92. The number of halogens is 2. The fourth-order valence-electron chi connectivity index (χ4n) is 3.09. The molecule has 1 N–H and O–H groups in total. The number of benzene rings is 1. The van der Waals surface area contributed by atoms with Crippen molar-refractivity contribution in [1.29, 1.82) is 0 Å². The SMILES string of the molecule is O=CC1CCC2C(=O)c3cc(OC(F)F)ccc3NC12. The minimum atomic E-state index is -2.92. The van der Waals surface area contributed by atoms with E-state index in [1.807, 2.05) is 0 Å². The average molecular weight is 281 g/mol. The second-order valence-corrected chi connectivity index (χ2v) is 5.10. The Labute approximate surface area is 114 Å². The van der Waals surface area contributed by atoms with Gasteiger partial charge in [-0.3, -0.25) is 4.79 Å². The molecule has 0 saturated heterocycles. The minimum Gasteiger partial charge on any atom is -0.435 e. The van der Waals surface area contributed by atoms with Gasteiger partial charge in [-0.25, -0.2) is 0 Å². The molecule has 3 unspecified atom stereocenters. The topological polar surface area (TPSA) is 55.4 Å². The highest BCUT2D eigenvalue weighted by Crippen LogP contribution is 2.41. The van der Waals surface area contributed by atoms with Crippen LogP contribution >= 0.6 is 0 Å². The molecule has 106 valence electrons. The monoisotopic (exact) mass is 281 g/mol. The third-order valence-corrected chi connectivity index (χ3v) is 4.02. The highest BCUT2D eigenvalue weighted by Gasteiger charge is 2.44.